The van der Waals surface area contributed by atoms with Crippen molar-refractivity contribution in [2.24, 2.45) is 0 Å². The number of aliphatic hydroxyl groups excluding tert-OH is 1. The molecule has 2 unspecified atom stereocenters. The van der Waals surface area contributed by atoms with Crippen LogP contribution in [0.25, 0.3) is 0 Å². The van der Waals surface area contributed by atoms with E-state index in [0.717, 1.165) is 25.2 Å². The summed E-state index contributed by atoms with van der Waals surface area (Å²) in [7, 11) is 3.25. The van der Waals surface area contributed by atoms with Gasteiger partial charge in [0.15, 0.2) is 11.5 Å². The van der Waals surface area contributed by atoms with Gasteiger partial charge in [0, 0.05) is 25.7 Å². The summed E-state index contributed by atoms with van der Waals surface area (Å²) >= 11 is 0. The summed E-state index contributed by atoms with van der Waals surface area (Å²) in [6.07, 6.45) is 0. The first-order valence-electron chi connectivity index (χ1n) is 7.00. The smallest absolute Gasteiger partial charge is 0.161 e. The molecule has 1 aliphatic heterocycles. The summed E-state index contributed by atoms with van der Waals surface area (Å²) in [5.41, 5.74) is 1.05. The SMILES string of the molecule is COc1ccc(C(CO)N2CCNCC2C)cc1OC. The molecule has 1 aliphatic rings. The van der Waals surface area contributed by atoms with Crippen molar-refractivity contribution in [2.75, 3.05) is 40.5 Å². The quantitative estimate of drug-likeness (QED) is 0.844. The number of ether oxygens (including phenoxy) is 2. The normalized spacial score (nSPS) is 21.5. The predicted octanol–water partition coefficient (Wildman–Crippen LogP) is 1.03. The van der Waals surface area contributed by atoms with E-state index in [2.05, 4.69) is 17.1 Å². The van der Waals surface area contributed by atoms with Gasteiger partial charge in [-0.3, -0.25) is 4.90 Å². The number of methoxy groups -OCH3 is 2. The van der Waals surface area contributed by atoms with E-state index in [4.69, 9.17) is 9.47 Å². The first-order chi connectivity index (χ1) is 9.71. The Labute approximate surface area is 120 Å². The van der Waals surface area contributed by atoms with E-state index >= 15 is 0 Å². The van der Waals surface area contributed by atoms with E-state index in [1.54, 1.807) is 14.2 Å². The van der Waals surface area contributed by atoms with Gasteiger partial charge in [-0.2, -0.15) is 0 Å². The molecule has 1 aromatic rings. The zero-order valence-corrected chi connectivity index (χ0v) is 12.4. The highest BCUT2D eigenvalue weighted by molar-refractivity contribution is 5.43. The summed E-state index contributed by atoms with van der Waals surface area (Å²) in [6.45, 7) is 5.11. The van der Waals surface area contributed by atoms with Crippen LogP contribution in [-0.4, -0.2) is 56.5 Å². The van der Waals surface area contributed by atoms with E-state index in [-0.39, 0.29) is 12.6 Å². The largest absolute Gasteiger partial charge is 0.493 e. The van der Waals surface area contributed by atoms with E-state index in [9.17, 15) is 5.11 Å². The molecule has 2 rings (SSSR count). The molecular formula is C15H24N2O3. The second-order valence-corrected chi connectivity index (χ2v) is 5.10. The molecule has 0 spiro atoms. The van der Waals surface area contributed by atoms with Crippen LogP contribution in [-0.2, 0) is 0 Å². The van der Waals surface area contributed by atoms with E-state index < -0.39 is 0 Å². The Morgan fingerprint density at radius 1 is 1.35 bits per heavy atom. The molecule has 0 radical (unpaired) electrons. The molecular weight excluding hydrogens is 256 g/mol. The van der Waals surface area contributed by atoms with Crippen molar-refractivity contribution >= 4 is 0 Å². The number of benzene rings is 1. The van der Waals surface area contributed by atoms with Gasteiger partial charge in [0.1, 0.15) is 0 Å². The summed E-state index contributed by atoms with van der Waals surface area (Å²) in [4.78, 5) is 2.33. The third kappa shape index (κ3) is 3.06. The lowest BCUT2D eigenvalue weighted by atomic mass is 10.0. The van der Waals surface area contributed by atoms with Gasteiger partial charge < -0.3 is 19.9 Å². The maximum atomic E-state index is 9.81. The molecule has 20 heavy (non-hydrogen) atoms. The Morgan fingerprint density at radius 3 is 2.70 bits per heavy atom. The molecule has 0 saturated carbocycles. The fourth-order valence-corrected chi connectivity index (χ4v) is 2.78. The molecule has 112 valence electrons. The minimum absolute atomic E-state index is 0.00749. The molecule has 1 aromatic carbocycles. The zero-order chi connectivity index (χ0) is 14.5. The van der Waals surface area contributed by atoms with Crippen molar-refractivity contribution in [1.82, 2.24) is 10.2 Å². The number of rotatable bonds is 5. The van der Waals surface area contributed by atoms with Crippen molar-refractivity contribution in [1.29, 1.82) is 0 Å². The second kappa shape index (κ2) is 6.92. The molecule has 1 heterocycles. The highest BCUT2D eigenvalue weighted by atomic mass is 16.5. The molecule has 2 N–H and O–H groups in total. The Balaban J connectivity index is 2.26. The van der Waals surface area contributed by atoms with Crippen LogP contribution < -0.4 is 14.8 Å². The van der Waals surface area contributed by atoms with Gasteiger partial charge in [-0.15, -0.1) is 0 Å². The van der Waals surface area contributed by atoms with Gasteiger partial charge in [0.05, 0.1) is 26.9 Å². The first-order valence-corrected chi connectivity index (χ1v) is 7.00. The minimum atomic E-state index is -0.00749. The van der Waals surface area contributed by atoms with Crippen molar-refractivity contribution < 1.29 is 14.6 Å². The topological polar surface area (TPSA) is 54.0 Å². The maximum absolute atomic E-state index is 9.81. The van der Waals surface area contributed by atoms with Crippen LogP contribution in [0.1, 0.15) is 18.5 Å². The average molecular weight is 280 g/mol. The Bertz CT molecular complexity index is 439. The van der Waals surface area contributed by atoms with Crippen LogP contribution in [0, 0.1) is 0 Å². The number of piperazine rings is 1. The van der Waals surface area contributed by atoms with Gasteiger partial charge >= 0.3 is 0 Å². The molecule has 0 aliphatic carbocycles. The van der Waals surface area contributed by atoms with Crippen LogP contribution in [0.15, 0.2) is 18.2 Å². The zero-order valence-electron chi connectivity index (χ0n) is 12.4. The molecule has 0 amide bonds. The number of hydrogen-bond donors (Lipinski definition) is 2. The molecule has 5 nitrogen and oxygen atoms in total. The average Bonchev–Trinajstić information content (AvgIpc) is 2.49. The molecule has 0 aromatic heterocycles. The number of nitrogens with one attached hydrogen (secondary N) is 1. The van der Waals surface area contributed by atoms with Gasteiger partial charge in [0.2, 0.25) is 0 Å². The maximum Gasteiger partial charge on any atom is 0.161 e. The lowest BCUT2D eigenvalue weighted by molar-refractivity contribution is 0.0722. The predicted molar refractivity (Wildman–Crippen MR) is 78.4 cm³/mol. The Morgan fingerprint density at radius 2 is 2.10 bits per heavy atom. The molecule has 5 heteroatoms. The fourth-order valence-electron chi connectivity index (χ4n) is 2.78. The van der Waals surface area contributed by atoms with Gasteiger partial charge in [-0.05, 0) is 24.6 Å². The highest BCUT2D eigenvalue weighted by Gasteiger charge is 2.27. The summed E-state index contributed by atoms with van der Waals surface area (Å²) < 4.78 is 10.6. The van der Waals surface area contributed by atoms with Crippen LogP contribution in [0.2, 0.25) is 0 Å². The fraction of sp³-hybridized carbons (Fsp3) is 0.600. The third-order valence-electron chi connectivity index (χ3n) is 3.92. The van der Waals surface area contributed by atoms with E-state index in [1.165, 1.54) is 0 Å². The van der Waals surface area contributed by atoms with Gasteiger partial charge in [-0.1, -0.05) is 6.07 Å². The van der Waals surface area contributed by atoms with E-state index in [0.29, 0.717) is 17.5 Å². The highest BCUT2D eigenvalue weighted by Crippen LogP contribution is 2.32. The Kier molecular flexibility index (Phi) is 5.23. The standard InChI is InChI=1S/C15H24N2O3/c1-11-9-16-6-7-17(11)13(10-18)12-4-5-14(19-2)15(8-12)20-3/h4-5,8,11,13,16,18H,6-7,9-10H2,1-3H3. The molecule has 0 bridgehead atoms. The molecule has 1 saturated heterocycles. The van der Waals surface area contributed by atoms with Crippen LogP contribution in [0.5, 0.6) is 11.5 Å². The molecule has 1 fully saturated rings. The van der Waals surface area contributed by atoms with Crippen molar-refractivity contribution in [3.05, 3.63) is 23.8 Å². The monoisotopic (exact) mass is 280 g/mol. The lowest BCUT2D eigenvalue weighted by Crippen LogP contribution is -2.51. The van der Waals surface area contributed by atoms with Crippen molar-refractivity contribution in [2.45, 2.75) is 19.0 Å². The van der Waals surface area contributed by atoms with Crippen molar-refractivity contribution in [3.8, 4) is 11.5 Å². The van der Waals surface area contributed by atoms with Crippen LogP contribution in [0.4, 0.5) is 0 Å². The number of hydrogen-bond acceptors (Lipinski definition) is 5. The van der Waals surface area contributed by atoms with Gasteiger partial charge in [-0.25, -0.2) is 0 Å². The second-order valence-electron chi connectivity index (χ2n) is 5.10. The van der Waals surface area contributed by atoms with Gasteiger partial charge in [0.25, 0.3) is 0 Å². The lowest BCUT2D eigenvalue weighted by Gasteiger charge is -2.39. The minimum Gasteiger partial charge on any atom is -0.493 e. The molecule has 2 atom stereocenters. The summed E-state index contributed by atoms with van der Waals surface area (Å²) in [5.74, 6) is 1.41. The first kappa shape index (κ1) is 15.1. The number of aliphatic hydroxyl groups is 1. The summed E-state index contributed by atoms with van der Waals surface area (Å²) in [5, 5.41) is 13.2. The third-order valence-corrected chi connectivity index (χ3v) is 3.92. The Hall–Kier alpha value is -1.30. The summed E-state index contributed by atoms with van der Waals surface area (Å²) in [6, 6.07) is 6.23. The van der Waals surface area contributed by atoms with Crippen molar-refractivity contribution in [3.63, 3.8) is 0 Å². The van der Waals surface area contributed by atoms with Crippen LogP contribution >= 0.6 is 0 Å². The van der Waals surface area contributed by atoms with Crippen LogP contribution in [0.3, 0.4) is 0 Å². The number of nitrogens with zero attached hydrogens (tertiary/aromatic N) is 1. The van der Waals surface area contributed by atoms with E-state index in [1.807, 2.05) is 18.2 Å².